The van der Waals surface area contributed by atoms with Gasteiger partial charge in [0.1, 0.15) is 15.8 Å². The van der Waals surface area contributed by atoms with Gasteiger partial charge in [0.25, 0.3) is 0 Å². The van der Waals surface area contributed by atoms with Gasteiger partial charge in [0.2, 0.25) is 0 Å². The van der Waals surface area contributed by atoms with Crippen LogP contribution in [0.15, 0.2) is 48.2 Å². The highest BCUT2D eigenvalue weighted by Gasteiger charge is 2.35. The summed E-state index contributed by atoms with van der Waals surface area (Å²) in [5.74, 6) is -0.449. The summed E-state index contributed by atoms with van der Waals surface area (Å²) < 4.78 is 53.1. The summed E-state index contributed by atoms with van der Waals surface area (Å²) >= 11 is 1.12. The smallest absolute Gasteiger partial charge is 0.385 e. The third kappa shape index (κ3) is 3.58. The Balaban J connectivity index is 1.79. The first-order valence-electron chi connectivity index (χ1n) is 7.09. The number of thiazole rings is 1. The fraction of sp³-hybridized carbons (Fsp3) is 0.200. The molecule has 0 unspecified atom stereocenters. The molecular weight excluding hydrogens is 358 g/mol. The number of hydrogen-bond acceptors (Lipinski definition) is 5. The Morgan fingerprint density at radius 1 is 1.44 bits per heavy atom. The number of halogens is 4. The summed E-state index contributed by atoms with van der Waals surface area (Å²) in [5.41, 5.74) is -0.0747. The first kappa shape index (κ1) is 17.2. The van der Waals surface area contributed by atoms with Crippen molar-refractivity contribution in [3.63, 3.8) is 0 Å². The molecule has 5 nitrogen and oxygen atoms in total. The van der Waals surface area contributed by atoms with Crippen LogP contribution in [0.25, 0.3) is 10.7 Å². The maximum absolute atomic E-state index is 13.7. The maximum atomic E-state index is 13.7. The summed E-state index contributed by atoms with van der Waals surface area (Å²) in [6, 6.07) is 0.940. The van der Waals surface area contributed by atoms with Crippen molar-refractivity contribution in [3.05, 3.63) is 53.9 Å². The molecule has 0 bridgehead atoms. The van der Waals surface area contributed by atoms with Crippen molar-refractivity contribution in [2.24, 2.45) is 7.05 Å². The van der Waals surface area contributed by atoms with E-state index in [0.717, 1.165) is 22.1 Å². The first-order chi connectivity index (χ1) is 11.8. The predicted molar refractivity (Wildman–Crippen MR) is 87.4 cm³/mol. The zero-order valence-corrected chi connectivity index (χ0v) is 13.8. The average Bonchev–Trinajstić information content (AvgIpc) is 3.13. The molecule has 0 saturated carbocycles. The highest BCUT2D eigenvalue weighted by molar-refractivity contribution is 7.18. The van der Waals surface area contributed by atoms with Gasteiger partial charge in [-0.1, -0.05) is 24.0 Å². The largest absolute Gasteiger partial charge is 0.435 e. The molecule has 0 radical (unpaired) electrons. The van der Waals surface area contributed by atoms with Crippen LogP contribution >= 0.6 is 11.3 Å². The monoisotopic (exact) mass is 371 g/mol. The van der Waals surface area contributed by atoms with E-state index < -0.39 is 17.7 Å². The highest BCUT2D eigenvalue weighted by Crippen LogP contribution is 2.34. The van der Waals surface area contributed by atoms with E-state index in [4.69, 9.17) is 0 Å². The van der Waals surface area contributed by atoms with Crippen molar-refractivity contribution in [3.8, 4) is 10.7 Å². The van der Waals surface area contributed by atoms with Crippen LogP contribution in [0.4, 0.5) is 22.6 Å². The first-order valence-corrected chi connectivity index (χ1v) is 7.90. The summed E-state index contributed by atoms with van der Waals surface area (Å²) in [4.78, 5) is 4.11. The Bertz CT molecular complexity index is 875. The molecular formula is C15H13F4N5S. The van der Waals surface area contributed by atoms with Gasteiger partial charge in [0.15, 0.2) is 5.69 Å². The summed E-state index contributed by atoms with van der Waals surface area (Å²) in [6.45, 7) is 4.26. The van der Waals surface area contributed by atoms with Crippen LogP contribution in [0.3, 0.4) is 0 Å². The van der Waals surface area contributed by atoms with Crippen LogP contribution in [0.5, 0.6) is 0 Å². The second-order valence-electron chi connectivity index (χ2n) is 5.19. The lowest BCUT2D eigenvalue weighted by Gasteiger charge is -2.14. The summed E-state index contributed by atoms with van der Waals surface area (Å²) in [7, 11) is 1.41. The van der Waals surface area contributed by atoms with Crippen molar-refractivity contribution >= 4 is 16.3 Å². The number of aromatic nitrogens is 3. The topological polar surface area (TPSA) is 54.8 Å². The number of alkyl halides is 3. The third-order valence-electron chi connectivity index (χ3n) is 3.40. The van der Waals surface area contributed by atoms with Gasteiger partial charge in [-0.05, 0) is 6.07 Å². The molecule has 0 atom stereocenters. The number of nitrogens with zero attached hydrogens (tertiary/aromatic N) is 3. The zero-order valence-electron chi connectivity index (χ0n) is 13.0. The van der Waals surface area contributed by atoms with E-state index in [9.17, 15) is 17.6 Å². The zero-order chi connectivity index (χ0) is 18.2. The fourth-order valence-corrected chi connectivity index (χ4v) is 3.11. The Morgan fingerprint density at radius 2 is 2.20 bits per heavy atom. The van der Waals surface area contributed by atoms with Crippen LogP contribution in [0.2, 0.25) is 0 Å². The van der Waals surface area contributed by atoms with Gasteiger partial charge < -0.3 is 10.6 Å². The molecule has 0 spiro atoms. The van der Waals surface area contributed by atoms with Gasteiger partial charge in [0, 0.05) is 31.1 Å². The molecule has 2 aromatic heterocycles. The Morgan fingerprint density at radius 3 is 2.84 bits per heavy atom. The Labute approximate surface area is 144 Å². The molecule has 1 aliphatic rings. The molecule has 2 N–H and O–H groups in total. The van der Waals surface area contributed by atoms with Crippen LogP contribution in [-0.2, 0) is 13.2 Å². The van der Waals surface area contributed by atoms with E-state index in [-0.39, 0.29) is 5.69 Å². The second-order valence-corrected chi connectivity index (χ2v) is 6.22. The molecule has 1 aliphatic heterocycles. The van der Waals surface area contributed by atoms with Gasteiger partial charge in [-0.3, -0.25) is 4.68 Å². The molecule has 3 heterocycles. The number of rotatable bonds is 4. The highest BCUT2D eigenvalue weighted by atomic mass is 32.1. The fourth-order valence-electron chi connectivity index (χ4n) is 2.22. The molecule has 0 aliphatic carbocycles. The van der Waals surface area contributed by atoms with Crippen molar-refractivity contribution < 1.29 is 17.6 Å². The van der Waals surface area contributed by atoms with Crippen LogP contribution < -0.4 is 10.6 Å². The van der Waals surface area contributed by atoms with Crippen LogP contribution in [0, 0.1) is 0 Å². The average molecular weight is 371 g/mol. The standard InChI is InChI=1S/C15H13F4N5S/c1-8(9-3-4-20-6-10(9)16)22-13-7-21-14(25-13)11-5-12(15(17,18)19)23-24(11)2/h3,5-7,20,22H,1,4H2,2H3. The number of anilines is 1. The van der Waals surface area contributed by atoms with E-state index in [1.54, 1.807) is 6.08 Å². The molecule has 0 aromatic carbocycles. The van der Waals surface area contributed by atoms with Crippen molar-refractivity contribution in [1.29, 1.82) is 0 Å². The molecule has 2 aromatic rings. The molecule has 132 valence electrons. The number of aryl methyl sites for hydroxylation is 1. The number of dihydropyridines is 1. The lowest BCUT2D eigenvalue weighted by molar-refractivity contribution is -0.141. The van der Waals surface area contributed by atoms with Gasteiger partial charge in [-0.2, -0.15) is 18.3 Å². The molecule has 0 amide bonds. The van der Waals surface area contributed by atoms with Gasteiger partial charge >= 0.3 is 6.18 Å². The number of hydrogen-bond donors (Lipinski definition) is 2. The Hall–Kier alpha value is -2.62. The lowest BCUT2D eigenvalue weighted by atomic mass is 10.1. The lowest BCUT2D eigenvalue weighted by Crippen LogP contribution is -2.14. The number of nitrogens with one attached hydrogen (secondary N) is 2. The molecule has 0 fully saturated rings. The van der Waals surface area contributed by atoms with E-state index in [2.05, 4.69) is 27.3 Å². The third-order valence-corrected chi connectivity index (χ3v) is 4.34. The predicted octanol–water partition coefficient (Wildman–Crippen LogP) is 3.83. The van der Waals surface area contributed by atoms with Gasteiger partial charge in [-0.25, -0.2) is 9.37 Å². The minimum absolute atomic E-state index is 0.239. The minimum atomic E-state index is -4.52. The van der Waals surface area contributed by atoms with E-state index >= 15 is 0 Å². The SMILES string of the molecule is C=C(Nc1cnc(-c2cc(C(F)(F)F)nn2C)s1)C1=CCNC=C1F. The van der Waals surface area contributed by atoms with Gasteiger partial charge in [-0.15, -0.1) is 0 Å². The van der Waals surface area contributed by atoms with E-state index in [1.807, 2.05) is 0 Å². The normalized spacial score (nSPS) is 14.6. The van der Waals surface area contributed by atoms with Crippen LogP contribution in [0.1, 0.15) is 5.69 Å². The second kappa shape index (κ2) is 6.36. The van der Waals surface area contributed by atoms with Crippen molar-refractivity contribution in [2.45, 2.75) is 6.18 Å². The Kier molecular flexibility index (Phi) is 4.38. The van der Waals surface area contributed by atoms with Crippen LogP contribution in [-0.4, -0.2) is 21.3 Å². The minimum Gasteiger partial charge on any atom is -0.385 e. The van der Waals surface area contributed by atoms with E-state index in [0.29, 0.717) is 27.8 Å². The number of allylic oxidation sites excluding steroid dienone is 1. The molecule has 10 heteroatoms. The molecule has 0 saturated heterocycles. The van der Waals surface area contributed by atoms with E-state index in [1.165, 1.54) is 19.4 Å². The molecule has 3 rings (SSSR count). The van der Waals surface area contributed by atoms with Crippen molar-refractivity contribution in [2.75, 3.05) is 11.9 Å². The molecule has 25 heavy (non-hydrogen) atoms. The quantitative estimate of drug-likeness (QED) is 0.802. The maximum Gasteiger partial charge on any atom is 0.435 e. The van der Waals surface area contributed by atoms with Gasteiger partial charge in [0.05, 0.1) is 11.9 Å². The summed E-state index contributed by atoms with van der Waals surface area (Å²) in [6.07, 6.45) is -0.180. The van der Waals surface area contributed by atoms with Crippen molar-refractivity contribution in [1.82, 2.24) is 20.1 Å². The summed E-state index contributed by atoms with van der Waals surface area (Å²) in [5, 5.41) is 10.0.